The monoisotopic (exact) mass is 255 g/mol. The highest BCUT2D eigenvalue weighted by atomic mass is 14.8. The first-order valence-corrected chi connectivity index (χ1v) is 7.68. The van der Waals surface area contributed by atoms with Crippen LogP contribution in [0.15, 0.2) is 42.0 Å². The van der Waals surface area contributed by atoms with Crippen molar-refractivity contribution in [1.82, 2.24) is 5.32 Å². The molecule has 102 valence electrons. The van der Waals surface area contributed by atoms with E-state index in [-0.39, 0.29) is 0 Å². The minimum absolute atomic E-state index is 0.608. The molecule has 0 saturated heterocycles. The number of fused-ring (bicyclic) bond motifs is 2. The molecule has 2 bridgehead atoms. The van der Waals surface area contributed by atoms with Crippen molar-refractivity contribution in [2.24, 2.45) is 11.3 Å². The normalized spacial score (nSPS) is 29.3. The van der Waals surface area contributed by atoms with Crippen LogP contribution in [-0.2, 0) is 6.54 Å². The number of rotatable bonds is 5. The Labute approximate surface area is 117 Å². The second-order valence-corrected chi connectivity index (χ2v) is 6.67. The lowest BCUT2D eigenvalue weighted by atomic mass is 9.69. The SMILES string of the molecule is CC1CC2=CCC(CCNCc3ccccc3)(C2)C1. The largest absolute Gasteiger partial charge is 0.313 e. The second-order valence-electron chi connectivity index (χ2n) is 6.67. The molecule has 1 aromatic rings. The third kappa shape index (κ3) is 3.09. The maximum Gasteiger partial charge on any atom is 0.0205 e. The van der Waals surface area contributed by atoms with Gasteiger partial charge in [0.15, 0.2) is 0 Å². The van der Waals surface area contributed by atoms with Crippen molar-refractivity contribution in [1.29, 1.82) is 0 Å². The molecule has 1 heteroatoms. The summed E-state index contributed by atoms with van der Waals surface area (Å²) in [5.74, 6) is 0.900. The Morgan fingerprint density at radius 1 is 1.26 bits per heavy atom. The number of hydrogen-bond donors (Lipinski definition) is 1. The summed E-state index contributed by atoms with van der Waals surface area (Å²) in [6, 6.07) is 10.7. The summed E-state index contributed by atoms with van der Waals surface area (Å²) in [5, 5.41) is 3.62. The van der Waals surface area contributed by atoms with Crippen molar-refractivity contribution in [2.45, 2.75) is 45.6 Å². The molecule has 0 radical (unpaired) electrons. The van der Waals surface area contributed by atoms with E-state index in [2.05, 4.69) is 48.6 Å². The molecule has 2 unspecified atom stereocenters. The molecular formula is C18H25N. The minimum Gasteiger partial charge on any atom is -0.313 e. The summed E-state index contributed by atoms with van der Waals surface area (Å²) < 4.78 is 0. The van der Waals surface area contributed by atoms with E-state index in [1.165, 1.54) is 37.7 Å². The highest BCUT2D eigenvalue weighted by molar-refractivity contribution is 5.19. The Bertz CT molecular complexity index is 448. The molecule has 1 fully saturated rings. The van der Waals surface area contributed by atoms with Gasteiger partial charge in [0.1, 0.15) is 0 Å². The molecule has 0 amide bonds. The molecular weight excluding hydrogens is 230 g/mol. The predicted octanol–water partition coefficient (Wildman–Crippen LogP) is 4.30. The third-order valence-corrected chi connectivity index (χ3v) is 4.82. The van der Waals surface area contributed by atoms with Crippen LogP contribution in [-0.4, -0.2) is 6.54 Å². The van der Waals surface area contributed by atoms with Gasteiger partial charge in [-0.1, -0.05) is 48.9 Å². The summed E-state index contributed by atoms with van der Waals surface area (Å²) in [6.45, 7) is 4.58. The second kappa shape index (κ2) is 5.50. The Kier molecular flexibility index (Phi) is 3.74. The molecule has 1 saturated carbocycles. The van der Waals surface area contributed by atoms with Crippen molar-refractivity contribution in [3.8, 4) is 0 Å². The molecule has 0 aliphatic heterocycles. The Morgan fingerprint density at radius 3 is 2.95 bits per heavy atom. The lowest BCUT2D eigenvalue weighted by Gasteiger charge is -2.36. The molecule has 0 spiro atoms. The zero-order valence-corrected chi connectivity index (χ0v) is 12.0. The van der Waals surface area contributed by atoms with E-state index in [1.807, 2.05) is 0 Å². The van der Waals surface area contributed by atoms with Crippen LogP contribution in [0.3, 0.4) is 0 Å². The fourth-order valence-electron chi connectivity index (χ4n) is 4.03. The van der Waals surface area contributed by atoms with Crippen molar-refractivity contribution in [3.63, 3.8) is 0 Å². The first-order valence-electron chi connectivity index (χ1n) is 7.68. The van der Waals surface area contributed by atoms with Crippen LogP contribution in [0.4, 0.5) is 0 Å². The summed E-state index contributed by atoms with van der Waals surface area (Å²) in [5.41, 5.74) is 3.74. The molecule has 0 aromatic heterocycles. The third-order valence-electron chi connectivity index (χ3n) is 4.82. The van der Waals surface area contributed by atoms with Gasteiger partial charge in [-0.2, -0.15) is 0 Å². The maximum absolute atomic E-state index is 3.62. The molecule has 3 rings (SSSR count). The zero-order chi connectivity index (χ0) is 13.1. The van der Waals surface area contributed by atoms with Gasteiger partial charge in [-0.15, -0.1) is 0 Å². The summed E-state index contributed by atoms with van der Waals surface area (Å²) in [4.78, 5) is 0. The van der Waals surface area contributed by atoms with Crippen molar-refractivity contribution >= 4 is 0 Å². The lowest BCUT2D eigenvalue weighted by molar-refractivity contribution is 0.188. The predicted molar refractivity (Wildman–Crippen MR) is 80.9 cm³/mol. The van der Waals surface area contributed by atoms with Gasteiger partial charge in [-0.05, 0) is 55.5 Å². The van der Waals surface area contributed by atoms with Crippen LogP contribution in [0.2, 0.25) is 0 Å². The van der Waals surface area contributed by atoms with Gasteiger partial charge in [-0.25, -0.2) is 0 Å². The highest BCUT2D eigenvalue weighted by Crippen LogP contribution is 2.51. The molecule has 1 N–H and O–H groups in total. The van der Waals surface area contributed by atoms with Crippen LogP contribution in [0.25, 0.3) is 0 Å². The average molecular weight is 255 g/mol. The van der Waals surface area contributed by atoms with Gasteiger partial charge in [0, 0.05) is 6.54 Å². The molecule has 2 atom stereocenters. The van der Waals surface area contributed by atoms with E-state index < -0.39 is 0 Å². The lowest BCUT2D eigenvalue weighted by Crippen LogP contribution is -2.29. The van der Waals surface area contributed by atoms with Gasteiger partial charge < -0.3 is 5.32 Å². The average Bonchev–Trinajstić information content (AvgIpc) is 2.72. The summed E-state index contributed by atoms with van der Waals surface area (Å²) in [7, 11) is 0. The van der Waals surface area contributed by atoms with Gasteiger partial charge >= 0.3 is 0 Å². The van der Waals surface area contributed by atoms with E-state index in [1.54, 1.807) is 5.57 Å². The Balaban J connectivity index is 1.45. The molecule has 1 nitrogen and oxygen atoms in total. The molecule has 2 aliphatic carbocycles. The standard InChI is InChI=1S/C18H25N/c1-15-11-17-7-8-18(12-15,13-17)9-10-19-14-16-5-3-2-4-6-16/h2-7,15,19H,8-14H2,1H3. The maximum atomic E-state index is 3.62. The van der Waals surface area contributed by atoms with Crippen LogP contribution in [0.1, 0.15) is 44.6 Å². The molecule has 0 heterocycles. The fraction of sp³-hybridized carbons (Fsp3) is 0.556. The molecule has 1 aromatic carbocycles. The number of nitrogens with one attached hydrogen (secondary N) is 1. The highest BCUT2D eigenvalue weighted by Gasteiger charge is 2.39. The Morgan fingerprint density at radius 2 is 2.11 bits per heavy atom. The molecule has 19 heavy (non-hydrogen) atoms. The first kappa shape index (κ1) is 12.9. The number of hydrogen-bond acceptors (Lipinski definition) is 1. The van der Waals surface area contributed by atoms with Crippen LogP contribution in [0.5, 0.6) is 0 Å². The van der Waals surface area contributed by atoms with E-state index >= 15 is 0 Å². The summed E-state index contributed by atoms with van der Waals surface area (Å²) in [6.07, 6.45) is 9.37. The van der Waals surface area contributed by atoms with Gasteiger partial charge in [0.2, 0.25) is 0 Å². The fourth-order valence-corrected chi connectivity index (χ4v) is 4.03. The summed E-state index contributed by atoms with van der Waals surface area (Å²) >= 11 is 0. The minimum atomic E-state index is 0.608. The Hall–Kier alpha value is -1.08. The van der Waals surface area contributed by atoms with Crippen LogP contribution in [0, 0.1) is 11.3 Å². The topological polar surface area (TPSA) is 12.0 Å². The smallest absolute Gasteiger partial charge is 0.0205 e. The van der Waals surface area contributed by atoms with Gasteiger partial charge in [0.25, 0.3) is 0 Å². The molecule has 2 aliphatic rings. The van der Waals surface area contributed by atoms with Crippen molar-refractivity contribution in [3.05, 3.63) is 47.5 Å². The van der Waals surface area contributed by atoms with Crippen molar-refractivity contribution in [2.75, 3.05) is 6.54 Å². The quantitative estimate of drug-likeness (QED) is 0.611. The first-order chi connectivity index (χ1) is 9.26. The number of allylic oxidation sites excluding steroid dienone is 2. The van der Waals surface area contributed by atoms with E-state index in [9.17, 15) is 0 Å². The number of benzene rings is 1. The van der Waals surface area contributed by atoms with E-state index in [4.69, 9.17) is 0 Å². The van der Waals surface area contributed by atoms with Crippen molar-refractivity contribution < 1.29 is 0 Å². The van der Waals surface area contributed by atoms with Crippen LogP contribution < -0.4 is 5.32 Å². The van der Waals surface area contributed by atoms with Gasteiger partial charge in [0.05, 0.1) is 0 Å². The van der Waals surface area contributed by atoms with E-state index in [0.29, 0.717) is 5.41 Å². The zero-order valence-electron chi connectivity index (χ0n) is 12.0. The van der Waals surface area contributed by atoms with Gasteiger partial charge in [-0.3, -0.25) is 0 Å². The van der Waals surface area contributed by atoms with Crippen LogP contribution >= 0.6 is 0 Å². The van der Waals surface area contributed by atoms with E-state index in [0.717, 1.165) is 19.0 Å².